The molecule has 80 valence electrons. The first-order valence-corrected chi connectivity index (χ1v) is 6.70. The van der Waals surface area contributed by atoms with E-state index in [0.717, 1.165) is 11.8 Å². The van der Waals surface area contributed by atoms with Gasteiger partial charge in [0.05, 0.1) is 0 Å². The largest absolute Gasteiger partial charge is 0.481 e. The number of fused-ring (bicyclic) bond motifs is 2. The first-order chi connectivity index (χ1) is 6.65. The van der Waals surface area contributed by atoms with E-state index in [1.54, 1.807) is 0 Å². The van der Waals surface area contributed by atoms with Crippen LogP contribution in [-0.2, 0) is 15.6 Å². The molecule has 0 saturated heterocycles. The second-order valence-electron chi connectivity index (χ2n) is 4.58. The fourth-order valence-corrected chi connectivity index (χ4v) is 4.30. The second-order valence-corrected chi connectivity index (χ2v) is 6.08. The van der Waals surface area contributed by atoms with E-state index >= 15 is 0 Å². The van der Waals surface area contributed by atoms with Crippen LogP contribution in [0.25, 0.3) is 0 Å². The highest BCUT2D eigenvalue weighted by atomic mass is 32.2. The number of hydrogen-bond donors (Lipinski definition) is 1. The Bertz CT molecular complexity index is 264. The molecule has 0 radical (unpaired) electrons. The van der Waals surface area contributed by atoms with Crippen LogP contribution in [0.1, 0.15) is 25.7 Å². The van der Waals surface area contributed by atoms with Crippen molar-refractivity contribution in [3.05, 3.63) is 0 Å². The Labute approximate surface area is 86.3 Å². The number of carboxylic acid groups (broad SMARTS) is 1. The molecule has 0 aliphatic heterocycles. The molecule has 2 aliphatic rings. The number of carbonyl (C=O) groups is 1. The van der Waals surface area contributed by atoms with Crippen molar-refractivity contribution in [3.63, 3.8) is 0 Å². The van der Waals surface area contributed by atoms with Crippen molar-refractivity contribution in [2.45, 2.75) is 25.7 Å². The molecule has 2 bridgehead atoms. The van der Waals surface area contributed by atoms with Gasteiger partial charge in [-0.3, -0.25) is 9.00 Å². The molecular weight excluding hydrogens is 200 g/mol. The van der Waals surface area contributed by atoms with Crippen molar-refractivity contribution in [3.8, 4) is 0 Å². The Morgan fingerprint density at radius 1 is 1.36 bits per heavy atom. The zero-order valence-corrected chi connectivity index (χ0v) is 8.96. The fraction of sp³-hybridized carbons (Fsp3) is 0.900. The topological polar surface area (TPSA) is 54.4 Å². The summed E-state index contributed by atoms with van der Waals surface area (Å²) in [6.45, 7) is 0. The third-order valence-corrected chi connectivity index (χ3v) is 4.94. The minimum absolute atomic E-state index is 0.173. The smallest absolute Gasteiger partial charge is 0.316 e. The minimum Gasteiger partial charge on any atom is -0.481 e. The number of carboxylic acids is 1. The summed E-state index contributed by atoms with van der Waals surface area (Å²) in [6, 6.07) is 0. The molecule has 2 fully saturated rings. The van der Waals surface area contributed by atoms with Gasteiger partial charge in [0.15, 0.2) is 0 Å². The Kier molecular flexibility index (Phi) is 2.91. The van der Waals surface area contributed by atoms with Crippen molar-refractivity contribution in [2.24, 2.45) is 17.8 Å². The number of hydrogen-bond acceptors (Lipinski definition) is 2. The lowest BCUT2D eigenvalue weighted by atomic mass is 9.90. The van der Waals surface area contributed by atoms with Gasteiger partial charge in [0.1, 0.15) is 5.75 Å². The molecule has 4 unspecified atom stereocenters. The van der Waals surface area contributed by atoms with Crippen LogP contribution in [0.3, 0.4) is 0 Å². The molecule has 0 aromatic rings. The maximum Gasteiger partial charge on any atom is 0.316 e. The molecule has 0 spiro atoms. The normalized spacial score (nSPS) is 37.3. The SMILES string of the molecule is O=C(O)CS(=O)CC1CC2CCC1C2. The summed E-state index contributed by atoms with van der Waals surface area (Å²) in [4.78, 5) is 10.4. The quantitative estimate of drug-likeness (QED) is 0.769. The summed E-state index contributed by atoms with van der Waals surface area (Å²) < 4.78 is 11.4. The third-order valence-electron chi connectivity index (χ3n) is 3.57. The summed E-state index contributed by atoms with van der Waals surface area (Å²) in [5.74, 6) is 1.66. The summed E-state index contributed by atoms with van der Waals surface area (Å²) >= 11 is 0. The van der Waals surface area contributed by atoms with Crippen LogP contribution in [0, 0.1) is 17.8 Å². The molecule has 0 amide bonds. The average Bonchev–Trinajstić information content (AvgIpc) is 2.62. The highest BCUT2D eigenvalue weighted by molar-refractivity contribution is 7.85. The first kappa shape index (κ1) is 10.1. The van der Waals surface area contributed by atoms with Gasteiger partial charge in [0.25, 0.3) is 0 Å². The summed E-state index contributed by atoms with van der Waals surface area (Å²) in [5, 5.41) is 8.50. The Morgan fingerprint density at radius 3 is 2.64 bits per heavy atom. The van der Waals surface area contributed by atoms with Gasteiger partial charge in [-0.15, -0.1) is 0 Å². The molecule has 0 aromatic heterocycles. The van der Waals surface area contributed by atoms with Gasteiger partial charge in [0, 0.05) is 16.6 Å². The van der Waals surface area contributed by atoms with Crippen LogP contribution in [0.5, 0.6) is 0 Å². The van der Waals surface area contributed by atoms with E-state index in [0.29, 0.717) is 11.7 Å². The number of aliphatic carboxylic acids is 1. The van der Waals surface area contributed by atoms with Crippen LogP contribution >= 0.6 is 0 Å². The van der Waals surface area contributed by atoms with Gasteiger partial charge in [-0.25, -0.2) is 0 Å². The fourth-order valence-electron chi connectivity index (χ4n) is 3.02. The van der Waals surface area contributed by atoms with Crippen molar-refractivity contribution in [2.75, 3.05) is 11.5 Å². The van der Waals surface area contributed by atoms with E-state index < -0.39 is 16.8 Å². The van der Waals surface area contributed by atoms with Gasteiger partial charge in [0.2, 0.25) is 0 Å². The lowest BCUT2D eigenvalue weighted by molar-refractivity contribution is -0.133. The molecule has 4 heteroatoms. The predicted molar refractivity (Wildman–Crippen MR) is 54.5 cm³/mol. The lowest BCUT2D eigenvalue weighted by Gasteiger charge is -2.20. The number of rotatable bonds is 4. The molecular formula is C10H16O3S. The predicted octanol–water partition coefficient (Wildman–Crippen LogP) is 1.26. The molecule has 4 atom stereocenters. The first-order valence-electron chi connectivity index (χ1n) is 5.22. The van der Waals surface area contributed by atoms with Crippen molar-refractivity contribution < 1.29 is 14.1 Å². The van der Waals surface area contributed by atoms with Crippen LogP contribution in [0.2, 0.25) is 0 Å². The minimum atomic E-state index is -1.14. The lowest BCUT2D eigenvalue weighted by Crippen LogP contribution is -2.21. The van der Waals surface area contributed by atoms with Gasteiger partial charge in [-0.1, -0.05) is 6.42 Å². The van der Waals surface area contributed by atoms with E-state index in [-0.39, 0.29) is 5.75 Å². The second kappa shape index (κ2) is 4.01. The van der Waals surface area contributed by atoms with E-state index in [9.17, 15) is 9.00 Å². The summed E-state index contributed by atoms with van der Waals surface area (Å²) in [5.41, 5.74) is 0. The van der Waals surface area contributed by atoms with E-state index in [1.807, 2.05) is 0 Å². The maximum atomic E-state index is 11.4. The molecule has 14 heavy (non-hydrogen) atoms. The van der Waals surface area contributed by atoms with Crippen molar-refractivity contribution >= 4 is 16.8 Å². The Balaban J connectivity index is 1.81. The molecule has 2 aliphatic carbocycles. The summed E-state index contributed by atoms with van der Waals surface area (Å²) in [7, 11) is -1.14. The highest BCUT2D eigenvalue weighted by Gasteiger charge is 2.39. The molecule has 2 rings (SSSR count). The van der Waals surface area contributed by atoms with Crippen molar-refractivity contribution in [1.29, 1.82) is 0 Å². The maximum absolute atomic E-state index is 11.4. The zero-order valence-electron chi connectivity index (χ0n) is 8.15. The molecule has 2 saturated carbocycles. The monoisotopic (exact) mass is 216 g/mol. The van der Waals surface area contributed by atoms with E-state index in [4.69, 9.17) is 5.11 Å². The molecule has 0 aromatic carbocycles. The Hall–Kier alpha value is -0.380. The van der Waals surface area contributed by atoms with Gasteiger partial charge >= 0.3 is 5.97 Å². The van der Waals surface area contributed by atoms with Crippen molar-refractivity contribution in [1.82, 2.24) is 0 Å². The molecule has 0 heterocycles. The average molecular weight is 216 g/mol. The highest BCUT2D eigenvalue weighted by Crippen LogP contribution is 2.48. The van der Waals surface area contributed by atoms with Crippen LogP contribution in [0.4, 0.5) is 0 Å². The van der Waals surface area contributed by atoms with Crippen LogP contribution < -0.4 is 0 Å². The van der Waals surface area contributed by atoms with Crippen LogP contribution in [-0.4, -0.2) is 26.8 Å². The third kappa shape index (κ3) is 2.16. The van der Waals surface area contributed by atoms with E-state index in [1.165, 1.54) is 25.7 Å². The van der Waals surface area contributed by atoms with Crippen LogP contribution in [0.15, 0.2) is 0 Å². The zero-order chi connectivity index (χ0) is 10.1. The van der Waals surface area contributed by atoms with E-state index in [2.05, 4.69) is 0 Å². The molecule has 1 N–H and O–H groups in total. The summed E-state index contributed by atoms with van der Waals surface area (Å²) in [6.07, 6.45) is 5.11. The van der Waals surface area contributed by atoms with Gasteiger partial charge in [-0.05, 0) is 37.0 Å². The Morgan fingerprint density at radius 2 is 2.14 bits per heavy atom. The van der Waals surface area contributed by atoms with Gasteiger partial charge in [-0.2, -0.15) is 0 Å². The standard InChI is InChI=1S/C10H16O3S/c11-10(12)6-14(13)5-9-4-7-1-2-8(9)3-7/h7-9H,1-6H2,(H,11,12). The van der Waals surface area contributed by atoms with Gasteiger partial charge < -0.3 is 5.11 Å². The molecule has 3 nitrogen and oxygen atoms in total.